The van der Waals surface area contributed by atoms with E-state index in [1.165, 1.54) is 0 Å². The lowest BCUT2D eigenvalue weighted by atomic mass is 10.0. The first-order valence-electron chi connectivity index (χ1n) is 7.77. The predicted octanol–water partition coefficient (Wildman–Crippen LogP) is 2.13. The van der Waals surface area contributed by atoms with Gasteiger partial charge in [-0.05, 0) is 42.7 Å². The number of nitrogens with one attached hydrogen (secondary N) is 2. The molecule has 1 aliphatic rings. The fraction of sp³-hybridized carbons (Fsp3) is 0.278. The fourth-order valence-corrected chi connectivity index (χ4v) is 2.49. The zero-order chi connectivity index (χ0) is 17.0. The zero-order valence-electron chi connectivity index (χ0n) is 13.4. The summed E-state index contributed by atoms with van der Waals surface area (Å²) in [7, 11) is 1.57. The van der Waals surface area contributed by atoms with Gasteiger partial charge in [0.1, 0.15) is 11.2 Å². The largest absolute Gasteiger partial charge is 0.497 e. The minimum atomic E-state index is -0.962. The molecule has 1 aromatic heterocycles. The summed E-state index contributed by atoms with van der Waals surface area (Å²) >= 11 is 0. The normalized spacial score (nSPS) is 14.5. The second-order valence-corrected chi connectivity index (χ2v) is 5.81. The van der Waals surface area contributed by atoms with Crippen molar-refractivity contribution in [3.63, 3.8) is 0 Å². The molecule has 0 saturated heterocycles. The summed E-state index contributed by atoms with van der Waals surface area (Å²) in [5.74, 6) is 0.141. The maximum absolute atomic E-state index is 12.5. The van der Waals surface area contributed by atoms with E-state index in [2.05, 4.69) is 15.6 Å². The first kappa shape index (κ1) is 16.0. The van der Waals surface area contributed by atoms with Crippen LogP contribution in [-0.4, -0.2) is 23.9 Å². The number of carbonyl (C=O) groups excluding carboxylic acids is 2. The molecule has 1 heterocycles. The fourth-order valence-electron chi connectivity index (χ4n) is 2.49. The lowest BCUT2D eigenvalue weighted by molar-refractivity contribution is -0.134. The Morgan fingerprint density at radius 2 is 1.92 bits per heavy atom. The topological polar surface area (TPSA) is 80.3 Å². The minimum Gasteiger partial charge on any atom is -0.497 e. The highest BCUT2D eigenvalue weighted by atomic mass is 16.5. The van der Waals surface area contributed by atoms with Crippen LogP contribution in [0.2, 0.25) is 0 Å². The average Bonchev–Trinajstić information content (AvgIpc) is 3.43. The Hall–Kier alpha value is -2.89. The van der Waals surface area contributed by atoms with Crippen molar-refractivity contribution in [2.24, 2.45) is 5.41 Å². The summed E-state index contributed by atoms with van der Waals surface area (Å²) in [6.07, 6.45) is 4.46. The van der Waals surface area contributed by atoms with Crippen LogP contribution < -0.4 is 15.4 Å². The van der Waals surface area contributed by atoms with Crippen molar-refractivity contribution in [3.8, 4) is 5.75 Å². The third-order valence-corrected chi connectivity index (χ3v) is 4.15. The SMILES string of the molecule is COc1cccc(NC(=O)C2(C(=O)NCc3ccncc3)CC2)c1. The van der Waals surface area contributed by atoms with Crippen LogP contribution in [0.1, 0.15) is 18.4 Å². The number of pyridine rings is 1. The maximum Gasteiger partial charge on any atom is 0.240 e. The molecule has 0 aliphatic heterocycles. The smallest absolute Gasteiger partial charge is 0.240 e. The van der Waals surface area contributed by atoms with Gasteiger partial charge in [0.15, 0.2) is 0 Å². The van der Waals surface area contributed by atoms with Gasteiger partial charge in [0.2, 0.25) is 11.8 Å². The molecule has 2 N–H and O–H groups in total. The van der Waals surface area contributed by atoms with Crippen LogP contribution in [0.4, 0.5) is 5.69 Å². The van der Waals surface area contributed by atoms with Crippen molar-refractivity contribution in [1.82, 2.24) is 10.3 Å². The number of ether oxygens (including phenoxy) is 1. The van der Waals surface area contributed by atoms with Crippen LogP contribution in [0.5, 0.6) is 5.75 Å². The van der Waals surface area contributed by atoms with Gasteiger partial charge in [-0.1, -0.05) is 6.07 Å². The minimum absolute atomic E-state index is 0.236. The summed E-state index contributed by atoms with van der Waals surface area (Å²) in [5, 5.41) is 5.65. The van der Waals surface area contributed by atoms with E-state index in [1.807, 2.05) is 12.1 Å². The van der Waals surface area contributed by atoms with Crippen molar-refractivity contribution in [1.29, 1.82) is 0 Å². The first-order valence-corrected chi connectivity index (χ1v) is 7.77. The summed E-state index contributed by atoms with van der Waals surface area (Å²) in [6.45, 7) is 0.384. The van der Waals surface area contributed by atoms with Gasteiger partial charge in [0, 0.05) is 30.7 Å². The summed E-state index contributed by atoms with van der Waals surface area (Å²) < 4.78 is 5.14. The van der Waals surface area contributed by atoms with E-state index in [0.29, 0.717) is 30.8 Å². The van der Waals surface area contributed by atoms with E-state index in [-0.39, 0.29) is 11.8 Å². The predicted molar refractivity (Wildman–Crippen MR) is 89.4 cm³/mol. The molecule has 0 unspecified atom stereocenters. The third-order valence-electron chi connectivity index (χ3n) is 4.15. The second-order valence-electron chi connectivity index (χ2n) is 5.81. The quantitative estimate of drug-likeness (QED) is 0.797. The van der Waals surface area contributed by atoms with E-state index in [4.69, 9.17) is 4.74 Å². The maximum atomic E-state index is 12.5. The molecule has 1 fully saturated rings. The first-order chi connectivity index (χ1) is 11.6. The molecular formula is C18H19N3O3. The van der Waals surface area contributed by atoms with Crippen LogP contribution in [0.3, 0.4) is 0 Å². The highest BCUT2D eigenvalue weighted by Crippen LogP contribution is 2.47. The molecule has 1 aliphatic carbocycles. The van der Waals surface area contributed by atoms with E-state index in [0.717, 1.165) is 5.56 Å². The Morgan fingerprint density at radius 1 is 1.17 bits per heavy atom. The van der Waals surface area contributed by atoms with Gasteiger partial charge in [-0.15, -0.1) is 0 Å². The Balaban J connectivity index is 1.62. The number of carbonyl (C=O) groups is 2. The highest BCUT2D eigenvalue weighted by Gasteiger charge is 2.56. The van der Waals surface area contributed by atoms with Gasteiger partial charge < -0.3 is 15.4 Å². The second kappa shape index (κ2) is 6.70. The molecule has 0 atom stereocenters. The van der Waals surface area contributed by atoms with Crippen LogP contribution in [0.25, 0.3) is 0 Å². The standard InChI is InChI=1S/C18H19N3O3/c1-24-15-4-2-3-14(11-15)21-17(23)18(7-8-18)16(22)20-12-13-5-9-19-10-6-13/h2-6,9-11H,7-8,12H2,1H3,(H,20,22)(H,21,23). The van der Waals surface area contributed by atoms with E-state index >= 15 is 0 Å². The number of hydrogen-bond donors (Lipinski definition) is 2. The molecule has 1 saturated carbocycles. The van der Waals surface area contributed by atoms with E-state index < -0.39 is 5.41 Å². The Bertz CT molecular complexity index is 742. The number of nitrogens with zero attached hydrogens (tertiary/aromatic N) is 1. The molecule has 0 bridgehead atoms. The molecule has 2 aromatic rings. The summed E-state index contributed by atoms with van der Waals surface area (Å²) in [5.41, 5.74) is 0.603. The van der Waals surface area contributed by atoms with Crippen molar-refractivity contribution < 1.29 is 14.3 Å². The molecule has 1 aromatic carbocycles. The molecule has 124 valence electrons. The molecule has 3 rings (SSSR count). The number of methoxy groups -OCH3 is 1. The van der Waals surface area contributed by atoms with E-state index in [9.17, 15) is 9.59 Å². The van der Waals surface area contributed by atoms with Crippen LogP contribution in [-0.2, 0) is 16.1 Å². The third kappa shape index (κ3) is 3.37. The molecule has 24 heavy (non-hydrogen) atoms. The lowest BCUT2D eigenvalue weighted by Gasteiger charge is -2.16. The van der Waals surface area contributed by atoms with Crippen molar-refractivity contribution in [3.05, 3.63) is 54.4 Å². The molecule has 2 amide bonds. The van der Waals surface area contributed by atoms with Crippen molar-refractivity contribution in [2.45, 2.75) is 19.4 Å². The zero-order valence-corrected chi connectivity index (χ0v) is 13.4. The van der Waals surface area contributed by atoms with Gasteiger partial charge >= 0.3 is 0 Å². The highest BCUT2D eigenvalue weighted by molar-refractivity contribution is 6.13. The van der Waals surface area contributed by atoms with Crippen LogP contribution >= 0.6 is 0 Å². The Kier molecular flexibility index (Phi) is 4.46. The average molecular weight is 325 g/mol. The molecule has 6 heteroatoms. The summed E-state index contributed by atoms with van der Waals surface area (Å²) in [6, 6.07) is 10.7. The van der Waals surface area contributed by atoms with Crippen molar-refractivity contribution >= 4 is 17.5 Å². The summed E-state index contributed by atoms with van der Waals surface area (Å²) in [4.78, 5) is 28.9. The van der Waals surface area contributed by atoms with Crippen LogP contribution in [0, 0.1) is 5.41 Å². The molecular weight excluding hydrogens is 306 g/mol. The Labute approximate surface area is 140 Å². The van der Waals surface area contributed by atoms with Gasteiger partial charge in [0.25, 0.3) is 0 Å². The number of hydrogen-bond acceptors (Lipinski definition) is 4. The lowest BCUT2D eigenvalue weighted by Crippen LogP contribution is -2.39. The number of aromatic nitrogens is 1. The van der Waals surface area contributed by atoms with Gasteiger partial charge in [-0.3, -0.25) is 14.6 Å². The van der Waals surface area contributed by atoms with Crippen molar-refractivity contribution in [2.75, 3.05) is 12.4 Å². The number of rotatable bonds is 6. The van der Waals surface area contributed by atoms with Crippen LogP contribution in [0.15, 0.2) is 48.8 Å². The van der Waals surface area contributed by atoms with Gasteiger partial charge in [-0.25, -0.2) is 0 Å². The number of anilines is 1. The van der Waals surface area contributed by atoms with Gasteiger partial charge in [0.05, 0.1) is 7.11 Å². The monoisotopic (exact) mass is 325 g/mol. The number of amides is 2. The molecule has 0 spiro atoms. The van der Waals surface area contributed by atoms with Gasteiger partial charge in [-0.2, -0.15) is 0 Å². The number of benzene rings is 1. The van der Waals surface area contributed by atoms with E-state index in [1.54, 1.807) is 43.8 Å². The molecule has 6 nitrogen and oxygen atoms in total. The Morgan fingerprint density at radius 3 is 2.58 bits per heavy atom. The molecule has 0 radical (unpaired) electrons.